The fourth-order valence-electron chi connectivity index (χ4n) is 2.78. The number of aliphatic imine (C=N–C) groups is 1. The van der Waals surface area contributed by atoms with E-state index < -0.39 is 5.91 Å². The van der Waals surface area contributed by atoms with Gasteiger partial charge in [0, 0.05) is 29.6 Å². The summed E-state index contributed by atoms with van der Waals surface area (Å²) in [6.45, 7) is 13.5. The van der Waals surface area contributed by atoms with Gasteiger partial charge in [0.05, 0.1) is 6.54 Å². The molecule has 0 unspecified atom stereocenters. The second kappa shape index (κ2) is 7.72. The molecule has 6 heteroatoms. The van der Waals surface area contributed by atoms with Gasteiger partial charge < -0.3 is 16.0 Å². The van der Waals surface area contributed by atoms with Crippen molar-refractivity contribution in [3.63, 3.8) is 0 Å². The number of halogens is 1. The second-order valence-corrected chi connectivity index (χ2v) is 7.26. The van der Waals surface area contributed by atoms with Gasteiger partial charge in [-0.2, -0.15) is 0 Å². The molecule has 0 spiro atoms. The SMILES string of the molecule is CCNC(=NCc1cccc(C(N)=O)c1)N1CC(C)(C)C1(C)C.I. The van der Waals surface area contributed by atoms with Crippen molar-refractivity contribution in [3.8, 4) is 0 Å². The average Bonchev–Trinajstić information content (AvgIpc) is 2.49. The Labute approximate surface area is 162 Å². The maximum atomic E-state index is 11.3. The summed E-state index contributed by atoms with van der Waals surface area (Å²) in [5.41, 5.74) is 7.16. The van der Waals surface area contributed by atoms with Crippen LogP contribution in [0.3, 0.4) is 0 Å². The van der Waals surface area contributed by atoms with E-state index in [0.29, 0.717) is 12.1 Å². The van der Waals surface area contributed by atoms with Crippen molar-refractivity contribution in [1.82, 2.24) is 10.2 Å². The fourth-order valence-corrected chi connectivity index (χ4v) is 2.78. The van der Waals surface area contributed by atoms with Crippen molar-refractivity contribution in [2.45, 2.75) is 46.7 Å². The number of hydrogen-bond acceptors (Lipinski definition) is 2. The van der Waals surface area contributed by atoms with Gasteiger partial charge in [0.25, 0.3) is 0 Å². The molecule has 1 aromatic carbocycles. The summed E-state index contributed by atoms with van der Waals surface area (Å²) in [7, 11) is 0. The van der Waals surface area contributed by atoms with E-state index in [1.165, 1.54) is 0 Å². The molecule has 2 rings (SSSR count). The molecule has 0 atom stereocenters. The highest BCUT2D eigenvalue weighted by Gasteiger charge is 2.53. The zero-order chi connectivity index (χ0) is 17.3. The molecule has 5 nitrogen and oxygen atoms in total. The summed E-state index contributed by atoms with van der Waals surface area (Å²) in [6, 6.07) is 7.33. The zero-order valence-electron chi connectivity index (χ0n) is 15.2. The molecular weight excluding hydrogens is 415 g/mol. The molecule has 1 amide bonds. The van der Waals surface area contributed by atoms with Crippen molar-refractivity contribution in [2.24, 2.45) is 16.1 Å². The normalized spacial score (nSPS) is 18.4. The quantitative estimate of drug-likeness (QED) is 0.426. The summed E-state index contributed by atoms with van der Waals surface area (Å²) in [5.74, 6) is 0.509. The Bertz CT molecular complexity index is 625. The Hall–Kier alpha value is -1.31. The molecule has 134 valence electrons. The first-order valence-electron chi connectivity index (χ1n) is 8.14. The summed E-state index contributed by atoms with van der Waals surface area (Å²) >= 11 is 0. The van der Waals surface area contributed by atoms with Crippen molar-refractivity contribution in [2.75, 3.05) is 13.1 Å². The van der Waals surface area contributed by atoms with Crippen LogP contribution < -0.4 is 11.1 Å². The first-order valence-corrected chi connectivity index (χ1v) is 8.14. The number of primary amides is 1. The van der Waals surface area contributed by atoms with Gasteiger partial charge in [-0.25, -0.2) is 4.99 Å². The lowest BCUT2D eigenvalue weighted by Crippen LogP contribution is -2.72. The lowest BCUT2D eigenvalue weighted by molar-refractivity contribution is -0.0667. The van der Waals surface area contributed by atoms with Crippen molar-refractivity contribution < 1.29 is 4.79 Å². The molecule has 0 aromatic heterocycles. The van der Waals surface area contributed by atoms with Crippen LogP contribution in [-0.4, -0.2) is 35.4 Å². The van der Waals surface area contributed by atoms with Crippen LogP contribution in [-0.2, 0) is 6.54 Å². The Balaban J connectivity index is 0.00000288. The number of rotatable bonds is 4. The van der Waals surface area contributed by atoms with E-state index in [4.69, 9.17) is 10.7 Å². The Morgan fingerprint density at radius 3 is 2.50 bits per heavy atom. The topological polar surface area (TPSA) is 70.7 Å². The maximum Gasteiger partial charge on any atom is 0.248 e. The molecule has 1 aromatic rings. The van der Waals surface area contributed by atoms with Gasteiger partial charge >= 0.3 is 0 Å². The van der Waals surface area contributed by atoms with Crippen LogP contribution in [0.4, 0.5) is 0 Å². The fraction of sp³-hybridized carbons (Fsp3) is 0.556. The van der Waals surface area contributed by atoms with E-state index in [-0.39, 0.29) is 34.9 Å². The number of hydrogen-bond donors (Lipinski definition) is 2. The van der Waals surface area contributed by atoms with Crippen LogP contribution in [0.1, 0.15) is 50.5 Å². The van der Waals surface area contributed by atoms with Gasteiger partial charge in [-0.15, -0.1) is 24.0 Å². The monoisotopic (exact) mass is 444 g/mol. The van der Waals surface area contributed by atoms with Crippen LogP contribution in [0.5, 0.6) is 0 Å². The maximum absolute atomic E-state index is 11.3. The summed E-state index contributed by atoms with van der Waals surface area (Å²) in [6.07, 6.45) is 0. The molecule has 0 aliphatic carbocycles. The molecule has 0 bridgehead atoms. The third kappa shape index (κ3) is 4.02. The second-order valence-electron chi connectivity index (χ2n) is 7.26. The van der Waals surface area contributed by atoms with Gasteiger partial charge in [0.1, 0.15) is 0 Å². The molecule has 3 N–H and O–H groups in total. The Kier molecular flexibility index (Phi) is 6.67. The summed E-state index contributed by atoms with van der Waals surface area (Å²) < 4.78 is 0. The Morgan fingerprint density at radius 2 is 2.00 bits per heavy atom. The molecule has 0 radical (unpaired) electrons. The molecule has 1 aliphatic rings. The number of benzene rings is 1. The molecule has 1 heterocycles. The number of carbonyl (C=O) groups is 1. The number of nitrogens with two attached hydrogens (primary N) is 1. The van der Waals surface area contributed by atoms with E-state index in [0.717, 1.165) is 24.6 Å². The smallest absolute Gasteiger partial charge is 0.248 e. The Morgan fingerprint density at radius 1 is 1.33 bits per heavy atom. The highest BCUT2D eigenvalue weighted by atomic mass is 127. The largest absolute Gasteiger partial charge is 0.366 e. The molecule has 1 saturated heterocycles. The van der Waals surface area contributed by atoms with Crippen molar-refractivity contribution >= 4 is 35.8 Å². The van der Waals surface area contributed by atoms with Crippen molar-refractivity contribution in [1.29, 1.82) is 0 Å². The number of nitrogens with zero attached hydrogens (tertiary/aromatic N) is 2. The predicted octanol–water partition coefficient (Wildman–Crippen LogP) is 2.99. The lowest BCUT2D eigenvalue weighted by Gasteiger charge is -2.62. The minimum atomic E-state index is -0.409. The van der Waals surface area contributed by atoms with E-state index in [1.807, 2.05) is 12.1 Å². The molecule has 24 heavy (non-hydrogen) atoms. The summed E-state index contributed by atoms with van der Waals surface area (Å²) in [5, 5.41) is 3.37. The third-order valence-corrected chi connectivity index (χ3v) is 5.10. The van der Waals surface area contributed by atoms with E-state index in [1.54, 1.807) is 12.1 Å². The molecule has 0 saturated carbocycles. The standard InChI is InChI=1S/C18H28N4O.HI/c1-6-20-16(22-12-17(2,3)18(22,4)5)21-11-13-8-7-9-14(10-13)15(19)23;/h7-10H,6,11-12H2,1-5H3,(H2,19,23)(H,20,21);1H. The third-order valence-electron chi connectivity index (χ3n) is 5.10. The van der Waals surface area contributed by atoms with Gasteiger partial charge in [-0.05, 0) is 38.5 Å². The van der Waals surface area contributed by atoms with E-state index >= 15 is 0 Å². The van der Waals surface area contributed by atoms with E-state index in [2.05, 4.69) is 44.8 Å². The number of amides is 1. The number of nitrogens with one attached hydrogen (secondary N) is 1. The summed E-state index contributed by atoms with van der Waals surface area (Å²) in [4.78, 5) is 18.3. The van der Waals surface area contributed by atoms with Gasteiger partial charge in [-0.3, -0.25) is 4.79 Å². The molecular formula is C18H29IN4O. The number of guanidine groups is 1. The lowest BCUT2D eigenvalue weighted by atomic mass is 9.65. The highest BCUT2D eigenvalue weighted by Crippen LogP contribution is 2.46. The first-order chi connectivity index (χ1) is 10.7. The number of carbonyl (C=O) groups excluding carboxylic acids is 1. The van der Waals surface area contributed by atoms with Crippen molar-refractivity contribution in [3.05, 3.63) is 35.4 Å². The van der Waals surface area contributed by atoms with Crippen LogP contribution in [0.15, 0.2) is 29.3 Å². The minimum Gasteiger partial charge on any atom is -0.366 e. The van der Waals surface area contributed by atoms with Gasteiger partial charge in [0.2, 0.25) is 5.91 Å². The van der Waals surface area contributed by atoms with Crippen LogP contribution in [0, 0.1) is 5.41 Å². The van der Waals surface area contributed by atoms with Gasteiger partial charge in [0.15, 0.2) is 5.96 Å². The molecule has 1 aliphatic heterocycles. The van der Waals surface area contributed by atoms with E-state index in [9.17, 15) is 4.79 Å². The van der Waals surface area contributed by atoms with Gasteiger partial charge in [-0.1, -0.05) is 26.0 Å². The van der Waals surface area contributed by atoms with Crippen LogP contribution in [0.25, 0.3) is 0 Å². The first kappa shape index (κ1) is 20.7. The highest BCUT2D eigenvalue weighted by molar-refractivity contribution is 14.0. The van der Waals surface area contributed by atoms with Crippen LogP contribution in [0.2, 0.25) is 0 Å². The average molecular weight is 444 g/mol. The number of likely N-dealkylation sites (tertiary alicyclic amines) is 1. The molecule has 1 fully saturated rings. The minimum absolute atomic E-state index is 0. The predicted molar refractivity (Wildman–Crippen MR) is 110 cm³/mol. The zero-order valence-corrected chi connectivity index (χ0v) is 17.5. The van der Waals surface area contributed by atoms with Crippen LogP contribution >= 0.6 is 24.0 Å².